The van der Waals surface area contributed by atoms with Crippen LogP contribution < -0.4 is 22.3 Å². The van der Waals surface area contributed by atoms with Gasteiger partial charge in [0.15, 0.2) is 5.82 Å². The van der Waals surface area contributed by atoms with E-state index in [4.69, 9.17) is 11.5 Å². The molecule has 12 heteroatoms. The van der Waals surface area contributed by atoms with Crippen molar-refractivity contribution < 1.29 is 8.78 Å². The molecule has 0 aliphatic carbocycles. The molecule has 0 aliphatic rings. The largest absolute Gasteiger partial charge is 0.382 e. The van der Waals surface area contributed by atoms with Gasteiger partial charge in [-0.05, 0) is 31.2 Å². The highest BCUT2D eigenvalue weighted by Gasteiger charge is 2.22. The number of nitrogens with two attached hydrogens (primary N) is 2. The molecule has 2 aromatic carbocycles. The molecule has 0 amide bonds. The maximum Gasteiger partial charge on any atom is 0.266 e. The molecule has 0 saturated carbocycles. The van der Waals surface area contributed by atoms with E-state index in [2.05, 4.69) is 20.3 Å². The maximum absolute atomic E-state index is 14.0. The van der Waals surface area contributed by atoms with Gasteiger partial charge in [0, 0.05) is 6.07 Å². The highest BCUT2D eigenvalue weighted by atomic mass is 19.1. The van der Waals surface area contributed by atoms with Gasteiger partial charge >= 0.3 is 0 Å². The fourth-order valence-electron chi connectivity index (χ4n) is 3.50. The standard InChI is InChI=1S/C22H15F2N9O/c1-10(29-19-16(9-26)18(27)31-22(28)32-19)20-30-17-11(8-25)3-2-4-15(17)21(34)33(20)14-6-12(23)5-13(24)7-14/h2-7,10H,1H3,(H5,27,28,29,31,32). The minimum Gasteiger partial charge on any atom is -0.382 e. The number of nitrogen functional groups attached to an aromatic ring is 2. The number of benzene rings is 2. The second-order valence-electron chi connectivity index (χ2n) is 7.22. The normalized spacial score (nSPS) is 11.6. The molecule has 4 rings (SSSR count). The van der Waals surface area contributed by atoms with Crippen LogP contribution in [0.2, 0.25) is 0 Å². The minimum atomic E-state index is -0.901. The van der Waals surface area contributed by atoms with Gasteiger partial charge in [0.1, 0.15) is 41.0 Å². The van der Waals surface area contributed by atoms with Crippen LogP contribution in [0.15, 0.2) is 41.2 Å². The first kappa shape index (κ1) is 22.1. The molecule has 0 bridgehead atoms. The van der Waals surface area contributed by atoms with Crippen LogP contribution in [-0.4, -0.2) is 19.5 Å². The first-order valence-corrected chi connectivity index (χ1v) is 9.75. The summed E-state index contributed by atoms with van der Waals surface area (Å²) < 4.78 is 29.1. The van der Waals surface area contributed by atoms with Gasteiger partial charge in [-0.15, -0.1) is 0 Å². The van der Waals surface area contributed by atoms with Crippen LogP contribution in [0.1, 0.15) is 29.9 Å². The van der Waals surface area contributed by atoms with E-state index in [1.54, 1.807) is 6.92 Å². The Morgan fingerprint density at radius 2 is 1.76 bits per heavy atom. The molecule has 2 heterocycles. The van der Waals surface area contributed by atoms with E-state index in [1.165, 1.54) is 18.2 Å². The van der Waals surface area contributed by atoms with Gasteiger partial charge in [0.2, 0.25) is 5.95 Å². The molecule has 168 valence electrons. The summed E-state index contributed by atoms with van der Waals surface area (Å²) in [7, 11) is 0. The second-order valence-corrected chi connectivity index (χ2v) is 7.22. The van der Waals surface area contributed by atoms with Crippen molar-refractivity contribution in [3.8, 4) is 17.8 Å². The van der Waals surface area contributed by atoms with Crippen LogP contribution in [0.3, 0.4) is 0 Å². The van der Waals surface area contributed by atoms with Crippen LogP contribution >= 0.6 is 0 Å². The summed E-state index contributed by atoms with van der Waals surface area (Å²) >= 11 is 0. The van der Waals surface area contributed by atoms with Crippen molar-refractivity contribution in [3.63, 3.8) is 0 Å². The predicted octanol–water partition coefficient (Wildman–Crippen LogP) is 2.53. The Balaban J connectivity index is 2.00. The Morgan fingerprint density at radius 1 is 1.06 bits per heavy atom. The molecule has 1 atom stereocenters. The summed E-state index contributed by atoms with van der Waals surface area (Å²) in [4.78, 5) is 25.7. The third-order valence-electron chi connectivity index (χ3n) is 4.96. The van der Waals surface area contributed by atoms with Crippen LogP contribution in [0.25, 0.3) is 16.6 Å². The summed E-state index contributed by atoms with van der Waals surface area (Å²) in [6.07, 6.45) is 0. The Bertz CT molecular complexity index is 1580. The molecule has 10 nitrogen and oxygen atoms in total. The van der Waals surface area contributed by atoms with Crippen molar-refractivity contribution in [3.05, 3.63) is 75.3 Å². The topological polar surface area (TPSA) is 172 Å². The zero-order valence-electron chi connectivity index (χ0n) is 17.5. The molecule has 0 radical (unpaired) electrons. The van der Waals surface area contributed by atoms with Crippen LogP contribution in [0.4, 0.5) is 26.4 Å². The molecule has 0 fully saturated rings. The SMILES string of the molecule is CC(Nc1nc(N)nc(N)c1C#N)c1nc2c(C#N)cccc2c(=O)n1-c1cc(F)cc(F)c1. The zero-order valence-corrected chi connectivity index (χ0v) is 17.5. The smallest absolute Gasteiger partial charge is 0.266 e. The summed E-state index contributed by atoms with van der Waals surface area (Å²) in [5.74, 6) is -2.20. The highest BCUT2D eigenvalue weighted by molar-refractivity contribution is 5.83. The van der Waals surface area contributed by atoms with E-state index in [0.29, 0.717) is 6.07 Å². The third kappa shape index (κ3) is 3.80. The first-order chi connectivity index (χ1) is 16.2. The number of hydrogen-bond acceptors (Lipinski definition) is 9. The number of aromatic nitrogens is 4. The number of nitrogens with zero attached hydrogens (tertiary/aromatic N) is 6. The lowest BCUT2D eigenvalue weighted by molar-refractivity contribution is 0.579. The van der Waals surface area contributed by atoms with Crippen LogP contribution in [0.5, 0.6) is 0 Å². The van der Waals surface area contributed by atoms with Crippen molar-refractivity contribution in [1.29, 1.82) is 10.5 Å². The zero-order chi connectivity index (χ0) is 24.6. The Morgan fingerprint density at radius 3 is 2.41 bits per heavy atom. The van der Waals surface area contributed by atoms with E-state index in [1.807, 2.05) is 12.1 Å². The van der Waals surface area contributed by atoms with Gasteiger partial charge in [0.05, 0.1) is 28.2 Å². The lowest BCUT2D eigenvalue weighted by Gasteiger charge is -2.21. The lowest BCUT2D eigenvalue weighted by atomic mass is 10.1. The molecule has 0 aliphatic heterocycles. The lowest BCUT2D eigenvalue weighted by Crippen LogP contribution is -2.28. The Hall–Kier alpha value is -5.10. The van der Waals surface area contributed by atoms with Crippen molar-refractivity contribution in [2.75, 3.05) is 16.8 Å². The van der Waals surface area contributed by atoms with Gasteiger partial charge in [-0.1, -0.05) is 6.07 Å². The molecular formula is C22H15F2N9O. The van der Waals surface area contributed by atoms with Crippen molar-refractivity contribution in [2.24, 2.45) is 0 Å². The summed E-state index contributed by atoms with van der Waals surface area (Å²) in [6.45, 7) is 1.57. The number of nitriles is 2. The molecule has 2 aromatic heterocycles. The highest BCUT2D eigenvalue weighted by Crippen LogP contribution is 2.26. The maximum atomic E-state index is 14.0. The Labute approximate surface area is 190 Å². The molecule has 1 unspecified atom stereocenters. The summed E-state index contributed by atoms with van der Waals surface area (Å²) in [5.41, 5.74) is 10.8. The number of rotatable bonds is 4. The first-order valence-electron chi connectivity index (χ1n) is 9.75. The number of nitrogens with one attached hydrogen (secondary N) is 1. The van der Waals surface area contributed by atoms with E-state index in [-0.39, 0.29) is 51.1 Å². The monoisotopic (exact) mass is 459 g/mol. The quantitative estimate of drug-likeness (QED) is 0.414. The number of fused-ring (bicyclic) bond motifs is 1. The second kappa shape index (κ2) is 8.44. The van der Waals surface area contributed by atoms with Gasteiger partial charge < -0.3 is 16.8 Å². The van der Waals surface area contributed by atoms with E-state index < -0.39 is 23.2 Å². The van der Waals surface area contributed by atoms with Crippen LogP contribution in [-0.2, 0) is 0 Å². The molecule has 0 spiro atoms. The fourth-order valence-corrected chi connectivity index (χ4v) is 3.50. The number of halogens is 2. The molecule has 0 saturated heterocycles. The number of hydrogen-bond donors (Lipinski definition) is 3. The summed E-state index contributed by atoms with van der Waals surface area (Å²) in [6, 6.07) is 10.0. The Kier molecular flexibility index (Phi) is 5.49. The molecular weight excluding hydrogens is 444 g/mol. The van der Waals surface area contributed by atoms with Crippen LogP contribution in [0, 0.1) is 34.3 Å². The third-order valence-corrected chi connectivity index (χ3v) is 4.96. The van der Waals surface area contributed by atoms with E-state index in [9.17, 15) is 24.1 Å². The number of anilines is 3. The minimum absolute atomic E-state index is 0.00940. The average Bonchev–Trinajstić information content (AvgIpc) is 2.77. The fraction of sp³-hybridized carbons (Fsp3) is 0.0909. The molecule has 34 heavy (non-hydrogen) atoms. The van der Waals surface area contributed by atoms with Crippen molar-refractivity contribution in [2.45, 2.75) is 13.0 Å². The molecule has 5 N–H and O–H groups in total. The van der Waals surface area contributed by atoms with Gasteiger partial charge in [0.25, 0.3) is 5.56 Å². The summed E-state index contributed by atoms with van der Waals surface area (Å²) in [5, 5.41) is 21.9. The van der Waals surface area contributed by atoms with Crippen molar-refractivity contribution >= 4 is 28.5 Å². The van der Waals surface area contributed by atoms with Gasteiger partial charge in [-0.25, -0.2) is 13.8 Å². The van der Waals surface area contributed by atoms with Gasteiger partial charge in [-0.2, -0.15) is 20.5 Å². The number of para-hydroxylation sites is 1. The van der Waals surface area contributed by atoms with Gasteiger partial charge in [-0.3, -0.25) is 9.36 Å². The van der Waals surface area contributed by atoms with Crippen molar-refractivity contribution in [1.82, 2.24) is 19.5 Å². The predicted molar refractivity (Wildman–Crippen MR) is 120 cm³/mol. The van der Waals surface area contributed by atoms with E-state index in [0.717, 1.165) is 16.7 Å². The van der Waals surface area contributed by atoms with E-state index >= 15 is 0 Å². The molecule has 4 aromatic rings. The average molecular weight is 459 g/mol.